The van der Waals surface area contributed by atoms with Gasteiger partial charge in [0.2, 0.25) is 0 Å². The summed E-state index contributed by atoms with van der Waals surface area (Å²) in [5, 5.41) is 9.31. The van der Waals surface area contributed by atoms with Crippen LogP contribution >= 0.6 is 0 Å². The molecule has 0 amide bonds. The van der Waals surface area contributed by atoms with Crippen LogP contribution < -0.4 is 0 Å². The molecule has 1 fully saturated rings. The molecule has 0 bridgehead atoms. The van der Waals surface area contributed by atoms with E-state index in [1.165, 1.54) is 32.4 Å². The molecule has 1 rings (SSSR count). The van der Waals surface area contributed by atoms with Gasteiger partial charge in [-0.3, -0.25) is 9.80 Å². The third-order valence-electron chi connectivity index (χ3n) is 3.11. The lowest BCUT2D eigenvalue weighted by molar-refractivity contribution is 0.0307. The van der Waals surface area contributed by atoms with Crippen molar-refractivity contribution >= 4 is 0 Å². The Morgan fingerprint density at radius 3 is 2.29 bits per heavy atom. The average molecular weight is 200 g/mol. The molecular formula is C11H24N2O. The normalized spacial score (nSPS) is 23.8. The summed E-state index contributed by atoms with van der Waals surface area (Å²) in [6.45, 7) is 7.27. The van der Waals surface area contributed by atoms with Gasteiger partial charge < -0.3 is 5.11 Å². The van der Waals surface area contributed by atoms with E-state index in [9.17, 15) is 5.11 Å². The fourth-order valence-electron chi connectivity index (χ4n) is 2.14. The van der Waals surface area contributed by atoms with Crippen LogP contribution in [0.3, 0.4) is 0 Å². The van der Waals surface area contributed by atoms with Gasteiger partial charge in [0.1, 0.15) is 0 Å². The summed E-state index contributed by atoms with van der Waals surface area (Å²) in [7, 11) is 2.09. The minimum absolute atomic E-state index is 0.229. The molecule has 0 aliphatic carbocycles. The van der Waals surface area contributed by atoms with Gasteiger partial charge in [0.05, 0.1) is 12.3 Å². The minimum atomic E-state index is -0.229. The molecule has 1 aliphatic heterocycles. The quantitative estimate of drug-likeness (QED) is 0.737. The van der Waals surface area contributed by atoms with Gasteiger partial charge in [0, 0.05) is 6.54 Å². The van der Waals surface area contributed by atoms with Crippen molar-refractivity contribution in [2.24, 2.45) is 0 Å². The Hall–Kier alpha value is -0.120. The van der Waals surface area contributed by atoms with E-state index >= 15 is 0 Å². The molecule has 84 valence electrons. The summed E-state index contributed by atoms with van der Waals surface area (Å²) in [6, 6.07) is 0. The standard InChI is InChI=1S/C11H24N2O/c1-10(14)9-12(3)11(2)13-7-5-4-6-8-13/h10-11,14H,4-9H2,1-3H3. The maximum absolute atomic E-state index is 9.31. The van der Waals surface area contributed by atoms with E-state index in [2.05, 4.69) is 23.8 Å². The van der Waals surface area contributed by atoms with E-state index in [0.717, 1.165) is 6.54 Å². The first-order valence-electron chi connectivity index (χ1n) is 5.73. The van der Waals surface area contributed by atoms with Gasteiger partial charge in [0.25, 0.3) is 0 Å². The first-order chi connectivity index (χ1) is 6.61. The first-order valence-corrected chi connectivity index (χ1v) is 5.73. The number of likely N-dealkylation sites (tertiary alicyclic amines) is 1. The highest BCUT2D eigenvalue weighted by Gasteiger charge is 2.20. The number of rotatable bonds is 4. The molecule has 0 aromatic carbocycles. The van der Waals surface area contributed by atoms with Crippen molar-refractivity contribution in [2.45, 2.75) is 45.4 Å². The lowest BCUT2D eigenvalue weighted by Gasteiger charge is -2.38. The summed E-state index contributed by atoms with van der Waals surface area (Å²) >= 11 is 0. The highest BCUT2D eigenvalue weighted by atomic mass is 16.3. The van der Waals surface area contributed by atoms with Crippen molar-refractivity contribution in [1.82, 2.24) is 9.80 Å². The molecule has 1 saturated heterocycles. The van der Waals surface area contributed by atoms with Crippen molar-refractivity contribution in [3.05, 3.63) is 0 Å². The lowest BCUT2D eigenvalue weighted by atomic mass is 10.1. The van der Waals surface area contributed by atoms with E-state index in [4.69, 9.17) is 0 Å². The summed E-state index contributed by atoms with van der Waals surface area (Å²) in [4.78, 5) is 4.74. The van der Waals surface area contributed by atoms with E-state index in [1.54, 1.807) is 0 Å². The number of nitrogens with zero attached hydrogens (tertiary/aromatic N) is 2. The molecule has 0 aromatic heterocycles. The smallest absolute Gasteiger partial charge is 0.0639 e. The zero-order chi connectivity index (χ0) is 10.6. The van der Waals surface area contributed by atoms with Gasteiger partial charge in [0.15, 0.2) is 0 Å². The molecule has 3 nitrogen and oxygen atoms in total. The van der Waals surface area contributed by atoms with Gasteiger partial charge in [-0.25, -0.2) is 0 Å². The average Bonchev–Trinajstić information content (AvgIpc) is 2.17. The number of aliphatic hydroxyl groups is 1. The van der Waals surface area contributed by atoms with Crippen molar-refractivity contribution in [3.63, 3.8) is 0 Å². The van der Waals surface area contributed by atoms with Crippen molar-refractivity contribution < 1.29 is 5.11 Å². The highest BCUT2D eigenvalue weighted by Crippen LogP contribution is 2.13. The van der Waals surface area contributed by atoms with E-state index < -0.39 is 0 Å². The van der Waals surface area contributed by atoms with Gasteiger partial charge in [-0.1, -0.05) is 6.42 Å². The molecule has 0 spiro atoms. The Balaban J connectivity index is 2.33. The zero-order valence-corrected chi connectivity index (χ0v) is 9.74. The van der Waals surface area contributed by atoms with Crippen LogP contribution in [-0.4, -0.2) is 53.9 Å². The van der Waals surface area contributed by atoms with E-state index in [1.807, 2.05) is 6.92 Å². The summed E-state index contributed by atoms with van der Waals surface area (Å²) in [5.41, 5.74) is 0. The molecule has 1 aliphatic rings. The van der Waals surface area contributed by atoms with Crippen LogP contribution in [0.2, 0.25) is 0 Å². The Morgan fingerprint density at radius 2 is 1.79 bits per heavy atom. The summed E-state index contributed by atoms with van der Waals surface area (Å²) in [6.07, 6.45) is 4.26. The number of piperidine rings is 1. The highest BCUT2D eigenvalue weighted by molar-refractivity contribution is 4.71. The third-order valence-corrected chi connectivity index (χ3v) is 3.11. The second-order valence-electron chi connectivity index (χ2n) is 4.52. The van der Waals surface area contributed by atoms with Gasteiger partial charge >= 0.3 is 0 Å². The first kappa shape index (κ1) is 12.0. The molecule has 2 unspecified atom stereocenters. The van der Waals surface area contributed by atoms with Gasteiger partial charge in [-0.2, -0.15) is 0 Å². The molecule has 14 heavy (non-hydrogen) atoms. The Kier molecular flexibility index (Phi) is 4.85. The number of aliphatic hydroxyl groups excluding tert-OH is 1. The molecule has 1 heterocycles. The second-order valence-corrected chi connectivity index (χ2v) is 4.52. The predicted octanol–water partition coefficient (Wildman–Crippen LogP) is 1.13. The van der Waals surface area contributed by atoms with Crippen LogP contribution in [0, 0.1) is 0 Å². The number of hydrogen-bond acceptors (Lipinski definition) is 3. The van der Waals surface area contributed by atoms with Gasteiger partial charge in [-0.05, 0) is 46.8 Å². The maximum atomic E-state index is 9.31. The Labute approximate surface area is 87.7 Å². The molecule has 0 aromatic rings. The van der Waals surface area contributed by atoms with Crippen LogP contribution in [0.4, 0.5) is 0 Å². The molecule has 2 atom stereocenters. The Bertz CT molecular complexity index is 155. The van der Waals surface area contributed by atoms with Gasteiger partial charge in [-0.15, -0.1) is 0 Å². The molecular weight excluding hydrogens is 176 g/mol. The maximum Gasteiger partial charge on any atom is 0.0639 e. The zero-order valence-electron chi connectivity index (χ0n) is 9.74. The monoisotopic (exact) mass is 200 g/mol. The van der Waals surface area contributed by atoms with Crippen molar-refractivity contribution in [1.29, 1.82) is 0 Å². The van der Waals surface area contributed by atoms with Crippen molar-refractivity contribution in [3.8, 4) is 0 Å². The SMILES string of the molecule is CC(O)CN(C)C(C)N1CCCCC1. The van der Waals surface area contributed by atoms with Crippen LogP contribution in [-0.2, 0) is 0 Å². The number of hydrogen-bond donors (Lipinski definition) is 1. The third kappa shape index (κ3) is 3.56. The fourth-order valence-corrected chi connectivity index (χ4v) is 2.14. The van der Waals surface area contributed by atoms with Crippen LogP contribution in [0.25, 0.3) is 0 Å². The molecule has 3 heteroatoms. The second kappa shape index (κ2) is 5.69. The fraction of sp³-hybridized carbons (Fsp3) is 1.00. The summed E-state index contributed by atoms with van der Waals surface area (Å²) in [5.74, 6) is 0. The van der Waals surface area contributed by atoms with E-state index in [0.29, 0.717) is 6.17 Å². The Morgan fingerprint density at radius 1 is 1.21 bits per heavy atom. The topological polar surface area (TPSA) is 26.7 Å². The minimum Gasteiger partial charge on any atom is -0.392 e. The van der Waals surface area contributed by atoms with Crippen molar-refractivity contribution in [2.75, 3.05) is 26.7 Å². The lowest BCUT2D eigenvalue weighted by Crippen LogP contribution is -2.48. The number of likely N-dealkylation sites (N-methyl/N-ethyl adjacent to an activating group) is 1. The van der Waals surface area contributed by atoms with Crippen LogP contribution in [0.5, 0.6) is 0 Å². The molecule has 0 saturated carbocycles. The summed E-state index contributed by atoms with van der Waals surface area (Å²) < 4.78 is 0. The molecule has 1 N–H and O–H groups in total. The molecule has 0 radical (unpaired) electrons. The van der Waals surface area contributed by atoms with E-state index in [-0.39, 0.29) is 6.10 Å². The van der Waals surface area contributed by atoms with Crippen LogP contribution in [0.1, 0.15) is 33.1 Å². The largest absolute Gasteiger partial charge is 0.392 e. The van der Waals surface area contributed by atoms with Crippen LogP contribution in [0.15, 0.2) is 0 Å². The predicted molar refractivity (Wildman–Crippen MR) is 59.2 cm³/mol.